The van der Waals surface area contributed by atoms with Gasteiger partial charge in [-0.15, -0.1) is 0 Å². The second-order valence-electron chi connectivity index (χ2n) is 5.68. The van der Waals surface area contributed by atoms with Crippen LogP contribution in [0.2, 0.25) is 0 Å². The molecule has 0 spiro atoms. The van der Waals surface area contributed by atoms with Gasteiger partial charge >= 0.3 is 0 Å². The van der Waals surface area contributed by atoms with E-state index in [0.717, 1.165) is 18.9 Å². The van der Waals surface area contributed by atoms with Gasteiger partial charge in [0.15, 0.2) is 11.6 Å². The van der Waals surface area contributed by atoms with E-state index in [1.165, 1.54) is 5.56 Å². The Balaban J connectivity index is 1.69. The van der Waals surface area contributed by atoms with E-state index in [1.807, 2.05) is 18.2 Å². The summed E-state index contributed by atoms with van der Waals surface area (Å²) in [6.07, 6.45) is 0. The Morgan fingerprint density at radius 3 is 2.50 bits per heavy atom. The number of benzene rings is 1. The number of aromatic nitrogens is 4. The number of nitrogens with one attached hydrogen (secondary N) is 1. The summed E-state index contributed by atoms with van der Waals surface area (Å²) in [7, 11) is 0. The van der Waals surface area contributed by atoms with Crippen LogP contribution in [0.5, 0.6) is 0 Å². The van der Waals surface area contributed by atoms with Crippen molar-refractivity contribution in [2.45, 2.75) is 13.0 Å². The number of morpholine rings is 1. The fourth-order valence-electron chi connectivity index (χ4n) is 2.75. The fourth-order valence-corrected chi connectivity index (χ4v) is 2.75. The predicted molar refractivity (Wildman–Crippen MR) is 88.9 cm³/mol. The maximum Gasteiger partial charge on any atom is 0.245 e. The number of anilines is 2. The SMILES string of the molecule is C[C@@H](Nc1nc2nonc2nc1N1CCOCC1)c1ccccc1. The van der Waals surface area contributed by atoms with Gasteiger partial charge in [0, 0.05) is 13.1 Å². The molecule has 1 saturated heterocycles. The van der Waals surface area contributed by atoms with Crippen molar-refractivity contribution < 1.29 is 9.37 Å². The van der Waals surface area contributed by atoms with Gasteiger partial charge in [-0.2, -0.15) is 0 Å². The van der Waals surface area contributed by atoms with Gasteiger partial charge in [0.05, 0.1) is 19.3 Å². The van der Waals surface area contributed by atoms with Crippen LogP contribution in [0.1, 0.15) is 18.5 Å². The molecule has 0 bridgehead atoms. The first-order valence-corrected chi connectivity index (χ1v) is 7.96. The molecular weight excluding hydrogens is 308 g/mol. The molecular formula is C16H18N6O2. The summed E-state index contributed by atoms with van der Waals surface area (Å²) in [6, 6.07) is 10.3. The average Bonchev–Trinajstić information content (AvgIpc) is 3.10. The molecule has 0 unspecified atom stereocenters. The Morgan fingerprint density at radius 2 is 1.75 bits per heavy atom. The van der Waals surface area contributed by atoms with Crippen LogP contribution < -0.4 is 10.2 Å². The van der Waals surface area contributed by atoms with Crippen molar-refractivity contribution in [1.82, 2.24) is 20.3 Å². The molecule has 4 rings (SSSR count). The minimum absolute atomic E-state index is 0.0811. The van der Waals surface area contributed by atoms with Gasteiger partial charge < -0.3 is 15.0 Å². The summed E-state index contributed by atoms with van der Waals surface area (Å²) in [6.45, 7) is 4.96. The van der Waals surface area contributed by atoms with Crippen molar-refractivity contribution in [3.8, 4) is 0 Å². The lowest BCUT2D eigenvalue weighted by Crippen LogP contribution is -2.37. The van der Waals surface area contributed by atoms with Crippen molar-refractivity contribution >= 4 is 22.9 Å². The molecule has 8 nitrogen and oxygen atoms in total. The lowest BCUT2D eigenvalue weighted by Gasteiger charge is -2.29. The van der Waals surface area contributed by atoms with Crippen molar-refractivity contribution in [3.63, 3.8) is 0 Å². The van der Waals surface area contributed by atoms with E-state index in [2.05, 4.69) is 49.6 Å². The molecule has 2 aromatic heterocycles. The van der Waals surface area contributed by atoms with Crippen LogP contribution in [0.15, 0.2) is 35.0 Å². The summed E-state index contributed by atoms with van der Waals surface area (Å²) in [5.41, 5.74) is 1.98. The minimum Gasteiger partial charge on any atom is -0.378 e. The fraction of sp³-hybridized carbons (Fsp3) is 0.375. The van der Waals surface area contributed by atoms with Crippen molar-refractivity contribution in [2.24, 2.45) is 0 Å². The highest BCUT2D eigenvalue weighted by atomic mass is 16.6. The zero-order chi connectivity index (χ0) is 16.4. The molecule has 3 heterocycles. The van der Waals surface area contributed by atoms with Gasteiger partial charge in [0.2, 0.25) is 11.3 Å². The summed E-state index contributed by atoms with van der Waals surface area (Å²) < 4.78 is 10.2. The second-order valence-corrected chi connectivity index (χ2v) is 5.68. The number of rotatable bonds is 4. The maximum absolute atomic E-state index is 5.43. The first-order valence-electron chi connectivity index (χ1n) is 7.96. The van der Waals surface area contributed by atoms with Gasteiger partial charge in [-0.1, -0.05) is 30.3 Å². The standard InChI is InChI=1S/C16H18N6O2/c1-11(12-5-3-2-4-6-12)17-15-16(22-7-9-23-10-8-22)19-14-13(18-15)20-24-21-14/h2-6,11H,7-10H2,1H3,(H,17,18,20)/t11-/m1/s1. The highest BCUT2D eigenvalue weighted by Crippen LogP contribution is 2.28. The monoisotopic (exact) mass is 326 g/mol. The van der Waals surface area contributed by atoms with Gasteiger partial charge in [-0.25, -0.2) is 14.6 Å². The van der Waals surface area contributed by atoms with Gasteiger partial charge in [-0.3, -0.25) is 0 Å². The van der Waals surface area contributed by atoms with Crippen LogP contribution in [-0.4, -0.2) is 46.6 Å². The Kier molecular flexibility index (Phi) is 3.96. The minimum atomic E-state index is 0.0811. The third-order valence-corrected chi connectivity index (χ3v) is 4.06. The Morgan fingerprint density at radius 1 is 1.04 bits per heavy atom. The molecule has 0 radical (unpaired) electrons. The molecule has 24 heavy (non-hydrogen) atoms. The van der Waals surface area contributed by atoms with Gasteiger partial charge in [-0.05, 0) is 22.8 Å². The number of hydrogen-bond acceptors (Lipinski definition) is 8. The van der Waals surface area contributed by atoms with Gasteiger partial charge in [0.1, 0.15) is 0 Å². The van der Waals surface area contributed by atoms with Crippen molar-refractivity contribution in [1.29, 1.82) is 0 Å². The topological polar surface area (TPSA) is 89.2 Å². The van der Waals surface area contributed by atoms with E-state index in [1.54, 1.807) is 0 Å². The maximum atomic E-state index is 5.43. The number of ether oxygens (including phenoxy) is 1. The molecule has 1 aliphatic rings. The highest BCUT2D eigenvalue weighted by molar-refractivity contribution is 5.74. The quantitative estimate of drug-likeness (QED) is 0.779. The average molecular weight is 326 g/mol. The van der Waals surface area contributed by atoms with E-state index in [-0.39, 0.29) is 6.04 Å². The largest absolute Gasteiger partial charge is 0.378 e. The molecule has 1 aromatic carbocycles. The highest BCUT2D eigenvalue weighted by Gasteiger charge is 2.21. The Hall–Kier alpha value is -2.74. The van der Waals surface area contributed by atoms with E-state index >= 15 is 0 Å². The van der Waals surface area contributed by atoms with Crippen LogP contribution >= 0.6 is 0 Å². The normalized spacial score (nSPS) is 16.3. The zero-order valence-corrected chi connectivity index (χ0v) is 13.3. The van der Waals surface area contributed by atoms with E-state index in [9.17, 15) is 0 Å². The molecule has 1 atom stereocenters. The summed E-state index contributed by atoms with van der Waals surface area (Å²) in [5, 5.41) is 11.1. The predicted octanol–water partition coefficient (Wildman–Crippen LogP) is 2.02. The van der Waals surface area contributed by atoms with Crippen LogP contribution in [-0.2, 0) is 4.74 Å². The van der Waals surface area contributed by atoms with Crippen molar-refractivity contribution in [3.05, 3.63) is 35.9 Å². The summed E-state index contributed by atoms with van der Waals surface area (Å²) >= 11 is 0. The molecule has 8 heteroatoms. The Bertz CT molecular complexity index is 816. The summed E-state index contributed by atoms with van der Waals surface area (Å²) in [5.74, 6) is 1.43. The lowest BCUT2D eigenvalue weighted by atomic mass is 10.1. The van der Waals surface area contributed by atoms with E-state index < -0.39 is 0 Å². The molecule has 1 N–H and O–H groups in total. The van der Waals surface area contributed by atoms with E-state index in [0.29, 0.717) is 30.3 Å². The molecule has 1 aliphatic heterocycles. The molecule has 0 aliphatic carbocycles. The molecule has 1 fully saturated rings. The number of hydrogen-bond donors (Lipinski definition) is 1. The third-order valence-electron chi connectivity index (χ3n) is 4.06. The smallest absolute Gasteiger partial charge is 0.245 e. The summed E-state index contributed by atoms with van der Waals surface area (Å²) in [4.78, 5) is 11.3. The number of nitrogens with zero attached hydrogens (tertiary/aromatic N) is 5. The molecule has 124 valence electrons. The molecule has 0 amide bonds. The van der Waals surface area contributed by atoms with Crippen LogP contribution in [0, 0.1) is 0 Å². The van der Waals surface area contributed by atoms with Crippen LogP contribution in [0.3, 0.4) is 0 Å². The van der Waals surface area contributed by atoms with E-state index in [4.69, 9.17) is 9.37 Å². The van der Waals surface area contributed by atoms with Gasteiger partial charge in [0.25, 0.3) is 0 Å². The van der Waals surface area contributed by atoms with Crippen molar-refractivity contribution in [2.75, 3.05) is 36.5 Å². The number of fused-ring (bicyclic) bond motifs is 1. The second kappa shape index (κ2) is 6.40. The van der Waals surface area contributed by atoms with Crippen LogP contribution in [0.25, 0.3) is 11.3 Å². The first kappa shape index (κ1) is 14.8. The Labute approximate surface area is 138 Å². The molecule has 0 saturated carbocycles. The van der Waals surface area contributed by atoms with Crippen LogP contribution in [0.4, 0.5) is 11.6 Å². The molecule has 3 aromatic rings. The third kappa shape index (κ3) is 2.88. The lowest BCUT2D eigenvalue weighted by molar-refractivity contribution is 0.122. The first-order chi connectivity index (χ1) is 11.8. The zero-order valence-electron chi connectivity index (χ0n) is 13.3.